The maximum absolute atomic E-state index is 5.40. The molecule has 4 heterocycles. The molecule has 0 aliphatic carbocycles. The first-order valence-electron chi connectivity index (χ1n) is 18.9. The molecule has 5 aromatic carbocycles. The van der Waals surface area contributed by atoms with Gasteiger partial charge in [0.25, 0.3) is 0 Å². The van der Waals surface area contributed by atoms with E-state index in [-0.39, 0.29) is 0 Å². The van der Waals surface area contributed by atoms with E-state index in [9.17, 15) is 0 Å². The maximum Gasteiger partial charge on any atom is 0.0899 e. The highest BCUT2D eigenvalue weighted by atomic mass is 14.8. The van der Waals surface area contributed by atoms with Gasteiger partial charge in [-0.3, -0.25) is 9.97 Å². The van der Waals surface area contributed by atoms with Gasteiger partial charge in [-0.2, -0.15) is 0 Å². The van der Waals surface area contributed by atoms with Gasteiger partial charge in [0.15, 0.2) is 0 Å². The number of pyridine rings is 4. The Morgan fingerprint density at radius 2 is 0.643 bits per heavy atom. The number of benzene rings is 5. The Hall–Kier alpha value is -7.30. The molecule has 266 valence electrons. The van der Waals surface area contributed by atoms with Gasteiger partial charge in [-0.25, -0.2) is 9.97 Å². The third kappa shape index (κ3) is 6.92. The molecule has 0 spiro atoms. The molecular formula is C52H38N4. The summed E-state index contributed by atoms with van der Waals surface area (Å²) in [5.41, 5.74) is 18.2. The van der Waals surface area contributed by atoms with Gasteiger partial charge in [0.2, 0.25) is 0 Å². The van der Waals surface area contributed by atoms with Crippen LogP contribution in [-0.4, -0.2) is 19.9 Å². The van der Waals surface area contributed by atoms with Crippen LogP contribution < -0.4 is 0 Å². The van der Waals surface area contributed by atoms with Gasteiger partial charge in [0.1, 0.15) is 0 Å². The van der Waals surface area contributed by atoms with Crippen molar-refractivity contribution < 1.29 is 0 Å². The fraction of sp³-hybridized carbons (Fsp3) is 0.0385. The summed E-state index contributed by atoms with van der Waals surface area (Å²) in [5.74, 6) is 0. The normalized spacial score (nSPS) is 11.0. The highest BCUT2D eigenvalue weighted by Gasteiger charge is 2.22. The summed E-state index contributed by atoms with van der Waals surface area (Å²) >= 11 is 0. The molecule has 0 saturated carbocycles. The number of aryl methyl sites for hydroxylation is 2. The number of nitrogens with zero attached hydrogens (tertiary/aromatic N) is 4. The Morgan fingerprint density at radius 3 is 1.04 bits per heavy atom. The van der Waals surface area contributed by atoms with Crippen LogP contribution in [0.15, 0.2) is 194 Å². The molecule has 0 atom stereocenters. The quantitative estimate of drug-likeness (QED) is 0.157. The van der Waals surface area contributed by atoms with Crippen molar-refractivity contribution in [1.82, 2.24) is 19.9 Å². The lowest BCUT2D eigenvalue weighted by Crippen LogP contribution is -1.99. The number of rotatable bonds is 8. The molecule has 9 aromatic rings. The van der Waals surface area contributed by atoms with Crippen LogP contribution in [0.25, 0.3) is 89.8 Å². The summed E-state index contributed by atoms with van der Waals surface area (Å²) in [6.45, 7) is 4.35. The molecule has 0 saturated heterocycles. The van der Waals surface area contributed by atoms with Crippen LogP contribution in [0.3, 0.4) is 0 Å². The van der Waals surface area contributed by atoms with E-state index in [4.69, 9.17) is 19.9 Å². The number of aromatic nitrogens is 4. The minimum atomic E-state index is 0.816. The molecule has 0 unspecified atom stereocenters. The molecule has 9 rings (SSSR count). The Morgan fingerprint density at radius 1 is 0.268 bits per heavy atom. The molecule has 0 radical (unpaired) electrons. The standard InChI is InChI=1S/C52H38N4/c1-35-17-9-11-23-41(35)43-33-46(50-30-40(38-21-7-4-8-22-38)32-52(56-50)48-26-14-16-28-54-48)44(42-24-12-10-18-36(42)2)34-45(43)49-29-39(37-19-5-3-6-20-37)31-51(55-49)47-25-13-15-27-53-47/h3-34H,1-2H3. The fourth-order valence-electron chi connectivity index (χ4n) is 7.44. The summed E-state index contributed by atoms with van der Waals surface area (Å²) in [7, 11) is 0. The van der Waals surface area contributed by atoms with Gasteiger partial charge in [-0.15, -0.1) is 0 Å². The predicted molar refractivity (Wildman–Crippen MR) is 231 cm³/mol. The van der Waals surface area contributed by atoms with Crippen molar-refractivity contribution in [1.29, 1.82) is 0 Å². The molecule has 0 fully saturated rings. The van der Waals surface area contributed by atoms with Crippen LogP contribution in [0.5, 0.6) is 0 Å². The van der Waals surface area contributed by atoms with Crippen LogP contribution in [0.2, 0.25) is 0 Å². The third-order valence-corrected chi connectivity index (χ3v) is 10.3. The van der Waals surface area contributed by atoms with Crippen LogP contribution >= 0.6 is 0 Å². The minimum absolute atomic E-state index is 0.816. The van der Waals surface area contributed by atoms with Crippen LogP contribution in [-0.2, 0) is 0 Å². The van der Waals surface area contributed by atoms with E-state index in [1.165, 1.54) is 11.1 Å². The molecule has 0 aliphatic rings. The van der Waals surface area contributed by atoms with Crippen molar-refractivity contribution in [2.45, 2.75) is 13.8 Å². The Balaban J connectivity index is 1.38. The SMILES string of the molecule is Cc1ccccc1-c1cc(-c2cc(-c3ccccc3)cc(-c3ccccn3)n2)c(-c2ccccc2C)cc1-c1cc(-c2ccccc2)cc(-c2ccccn2)n1. The zero-order valence-corrected chi connectivity index (χ0v) is 31.3. The van der Waals surface area contributed by atoms with Crippen LogP contribution in [0.4, 0.5) is 0 Å². The first kappa shape index (κ1) is 34.5. The molecule has 56 heavy (non-hydrogen) atoms. The van der Waals surface area contributed by atoms with Gasteiger partial charge in [0, 0.05) is 23.5 Å². The average molecular weight is 719 g/mol. The van der Waals surface area contributed by atoms with E-state index in [0.29, 0.717) is 0 Å². The first-order chi connectivity index (χ1) is 27.6. The molecule has 4 heteroatoms. The van der Waals surface area contributed by atoms with Gasteiger partial charge in [-0.1, -0.05) is 121 Å². The second-order valence-corrected chi connectivity index (χ2v) is 14.0. The zero-order chi connectivity index (χ0) is 37.8. The average Bonchev–Trinajstić information content (AvgIpc) is 3.27. The van der Waals surface area contributed by atoms with Crippen molar-refractivity contribution in [2.75, 3.05) is 0 Å². The van der Waals surface area contributed by atoms with Gasteiger partial charge >= 0.3 is 0 Å². The van der Waals surface area contributed by atoms with Crippen molar-refractivity contribution in [3.63, 3.8) is 0 Å². The number of hydrogen-bond acceptors (Lipinski definition) is 4. The molecule has 0 N–H and O–H groups in total. The first-order valence-corrected chi connectivity index (χ1v) is 18.9. The Kier molecular flexibility index (Phi) is 9.36. The van der Waals surface area contributed by atoms with Crippen LogP contribution in [0.1, 0.15) is 11.1 Å². The molecule has 0 amide bonds. The maximum atomic E-state index is 5.40. The lowest BCUT2D eigenvalue weighted by molar-refractivity contribution is 1.24. The smallest absolute Gasteiger partial charge is 0.0899 e. The van der Waals surface area contributed by atoms with Crippen molar-refractivity contribution in [3.05, 3.63) is 206 Å². The topological polar surface area (TPSA) is 51.6 Å². The molecular weight excluding hydrogens is 681 g/mol. The largest absolute Gasteiger partial charge is 0.255 e. The summed E-state index contributed by atoms with van der Waals surface area (Å²) in [6.07, 6.45) is 3.65. The molecule has 4 nitrogen and oxygen atoms in total. The van der Waals surface area contributed by atoms with Crippen molar-refractivity contribution in [3.8, 4) is 89.8 Å². The third-order valence-electron chi connectivity index (χ3n) is 10.3. The molecule has 0 aliphatic heterocycles. The lowest BCUT2D eigenvalue weighted by atomic mass is 9.85. The predicted octanol–water partition coefficient (Wildman–Crippen LogP) is 13.2. The summed E-state index contributed by atoms with van der Waals surface area (Å²) in [5, 5.41) is 0. The second-order valence-electron chi connectivity index (χ2n) is 14.0. The summed E-state index contributed by atoms with van der Waals surface area (Å²) in [4.78, 5) is 20.3. The Labute approximate surface area is 327 Å². The van der Waals surface area contributed by atoms with E-state index in [1.807, 2.05) is 48.8 Å². The van der Waals surface area contributed by atoms with Gasteiger partial charge in [0.05, 0.1) is 34.2 Å². The van der Waals surface area contributed by atoms with Gasteiger partial charge in [-0.05, 0) is 130 Å². The number of hydrogen-bond donors (Lipinski definition) is 0. The van der Waals surface area contributed by atoms with Crippen molar-refractivity contribution >= 4 is 0 Å². The van der Waals surface area contributed by atoms with E-state index in [2.05, 4.69) is 159 Å². The van der Waals surface area contributed by atoms with Crippen LogP contribution in [0, 0.1) is 13.8 Å². The lowest BCUT2D eigenvalue weighted by Gasteiger charge is -2.21. The van der Waals surface area contributed by atoms with Crippen molar-refractivity contribution in [2.24, 2.45) is 0 Å². The monoisotopic (exact) mass is 718 g/mol. The second kappa shape index (κ2) is 15.2. The van der Waals surface area contributed by atoms with E-state index in [0.717, 1.165) is 89.8 Å². The zero-order valence-electron chi connectivity index (χ0n) is 31.3. The van der Waals surface area contributed by atoms with E-state index in [1.54, 1.807) is 0 Å². The minimum Gasteiger partial charge on any atom is -0.255 e. The highest BCUT2D eigenvalue weighted by Crippen LogP contribution is 2.45. The fourth-order valence-corrected chi connectivity index (χ4v) is 7.44. The molecule has 4 aromatic heterocycles. The summed E-state index contributed by atoms with van der Waals surface area (Å²) in [6, 6.07) is 63.5. The van der Waals surface area contributed by atoms with E-state index < -0.39 is 0 Å². The van der Waals surface area contributed by atoms with E-state index >= 15 is 0 Å². The molecule has 0 bridgehead atoms. The Bertz CT molecular complexity index is 2490. The summed E-state index contributed by atoms with van der Waals surface area (Å²) < 4.78 is 0. The van der Waals surface area contributed by atoms with Gasteiger partial charge < -0.3 is 0 Å². The highest BCUT2D eigenvalue weighted by molar-refractivity contribution is 5.96.